The quantitative estimate of drug-likeness (QED) is 0.340. The lowest BCUT2D eigenvalue weighted by molar-refractivity contribution is -0.122. The maximum absolute atomic E-state index is 13.5. The first-order valence-electron chi connectivity index (χ1n) is 13.0. The smallest absolute Gasteiger partial charge is 0.270 e. The van der Waals surface area contributed by atoms with Crippen molar-refractivity contribution in [1.29, 1.82) is 5.26 Å². The van der Waals surface area contributed by atoms with Gasteiger partial charge in [0.15, 0.2) is 0 Å². The van der Waals surface area contributed by atoms with Gasteiger partial charge in [-0.05, 0) is 55.7 Å². The molecule has 0 spiro atoms. The van der Waals surface area contributed by atoms with Gasteiger partial charge in [0, 0.05) is 50.5 Å². The first-order valence-corrected chi connectivity index (χ1v) is 14.2. The summed E-state index contributed by atoms with van der Waals surface area (Å²) in [4.78, 5) is 33.2. The van der Waals surface area contributed by atoms with Crippen LogP contribution in [0.4, 0.5) is 15.9 Å². The Hall–Kier alpha value is -3.16. The van der Waals surface area contributed by atoms with Gasteiger partial charge in [-0.3, -0.25) is 19.1 Å². The Balaban J connectivity index is 1.78. The number of nitrogens with zero attached hydrogens (tertiary/aromatic N) is 5. The number of benzene rings is 1. The molecule has 0 bridgehead atoms. The molecule has 1 amide bonds. The lowest BCUT2D eigenvalue weighted by Gasteiger charge is -2.39. The van der Waals surface area contributed by atoms with Crippen molar-refractivity contribution >= 4 is 51.8 Å². The molecule has 0 aliphatic carbocycles. The summed E-state index contributed by atoms with van der Waals surface area (Å²) in [6.07, 6.45) is 4.29. The van der Waals surface area contributed by atoms with Gasteiger partial charge in [-0.1, -0.05) is 44.2 Å². The number of aromatic nitrogens is 1. The largest absolute Gasteiger partial charge is 0.368 e. The second kappa shape index (κ2) is 12.1. The number of anilines is 2. The summed E-state index contributed by atoms with van der Waals surface area (Å²) in [6, 6.07) is 8.58. The van der Waals surface area contributed by atoms with Gasteiger partial charge in [-0.15, -0.1) is 0 Å². The third-order valence-electron chi connectivity index (χ3n) is 6.95. The number of nitriles is 1. The van der Waals surface area contributed by atoms with Crippen LogP contribution in [-0.2, 0) is 11.3 Å². The molecule has 1 aromatic heterocycles. The van der Waals surface area contributed by atoms with E-state index in [0.717, 1.165) is 30.8 Å². The van der Waals surface area contributed by atoms with Crippen molar-refractivity contribution in [3.63, 3.8) is 0 Å². The van der Waals surface area contributed by atoms with E-state index in [1.54, 1.807) is 28.5 Å². The molecule has 1 aromatic carbocycles. The molecular formula is C28H32FN5O2S2. The summed E-state index contributed by atoms with van der Waals surface area (Å²) in [5, 5.41) is 9.89. The number of rotatable bonds is 8. The number of pyridine rings is 1. The van der Waals surface area contributed by atoms with E-state index in [2.05, 4.69) is 22.8 Å². The Morgan fingerprint density at radius 3 is 2.32 bits per heavy atom. The van der Waals surface area contributed by atoms with Crippen LogP contribution in [0.5, 0.6) is 0 Å². The fourth-order valence-electron chi connectivity index (χ4n) is 4.88. The Morgan fingerprint density at radius 1 is 1.05 bits per heavy atom. The zero-order valence-corrected chi connectivity index (χ0v) is 23.6. The number of hydrogen-bond acceptors (Lipinski definition) is 7. The van der Waals surface area contributed by atoms with E-state index in [9.17, 15) is 19.2 Å². The summed E-state index contributed by atoms with van der Waals surface area (Å²) >= 11 is 6.73. The van der Waals surface area contributed by atoms with Crippen LogP contribution >= 0.6 is 24.0 Å². The second-order valence-corrected chi connectivity index (χ2v) is 11.1. The molecule has 2 fully saturated rings. The molecule has 4 rings (SSSR count). The Labute approximate surface area is 232 Å². The van der Waals surface area contributed by atoms with Gasteiger partial charge in [0.1, 0.15) is 27.6 Å². The molecule has 2 saturated heterocycles. The summed E-state index contributed by atoms with van der Waals surface area (Å²) < 4.78 is 15.7. The third kappa shape index (κ3) is 5.49. The molecular weight excluding hydrogens is 521 g/mol. The number of thiocarbonyl (C=S) groups is 1. The van der Waals surface area contributed by atoms with E-state index in [1.165, 1.54) is 23.9 Å². The van der Waals surface area contributed by atoms with Crippen LogP contribution in [0.15, 0.2) is 34.0 Å². The van der Waals surface area contributed by atoms with E-state index >= 15 is 0 Å². The van der Waals surface area contributed by atoms with Gasteiger partial charge < -0.3 is 9.80 Å². The molecule has 7 nitrogen and oxygen atoms in total. The number of halogens is 1. The molecule has 2 aromatic rings. The van der Waals surface area contributed by atoms with Gasteiger partial charge in [0.25, 0.3) is 11.5 Å². The van der Waals surface area contributed by atoms with E-state index in [4.69, 9.17) is 12.2 Å². The Morgan fingerprint density at radius 2 is 1.71 bits per heavy atom. The molecule has 0 saturated carbocycles. The molecule has 0 radical (unpaired) electrons. The normalized spacial score (nSPS) is 17.0. The topological polar surface area (TPSA) is 72.6 Å². The second-order valence-electron chi connectivity index (χ2n) is 9.44. The molecule has 200 valence electrons. The molecule has 0 N–H and O–H groups in total. The number of amides is 1. The van der Waals surface area contributed by atoms with Gasteiger partial charge in [-0.2, -0.15) is 5.26 Å². The van der Waals surface area contributed by atoms with Crippen LogP contribution < -0.4 is 15.4 Å². The van der Waals surface area contributed by atoms with Crippen molar-refractivity contribution in [2.45, 2.75) is 46.6 Å². The van der Waals surface area contributed by atoms with Crippen LogP contribution in [-0.4, -0.2) is 52.4 Å². The van der Waals surface area contributed by atoms with Gasteiger partial charge in [-0.25, -0.2) is 4.39 Å². The van der Waals surface area contributed by atoms with Crippen molar-refractivity contribution < 1.29 is 9.18 Å². The minimum atomic E-state index is -0.301. The predicted octanol–water partition coefficient (Wildman–Crippen LogP) is 4.91. The SMILES string of the molecule is CCCCn1c(N2CCN(c3ccc(F)cc3)CC2)c(/C=C2\SC(=S)N(CCC)C2=O)c(C)c(C#N)c1=O. The van der Waals surface area contributed by atoms with Crippen LogP contribution in [0.25, 0.3) is 6.08 Å². The molecule has 38 heavy (non-hydrogen) atoms. The molecule has 10 heteroatoms. The van der Waals surface area contributed by atoms with E-state index in [-0.39, 0.29) is 22.8 Å². The Bertz CT molecular complexity index is 1360. The van der Waals surface area contributed by atoms with Gasteiger partial charge >= 0.3 is 0 Å². The van der Waals surface area contributed by atoms with E-state index < -0.39 is 0 Å². The molecule has 0 atom stereocenters. The van der Waals surface area contributed by atoms with Crippen LogP contribution in [0, 0.1) is 24.1 Å². The van der Waals surface area contributed by atoms with E-state index in [0.29, 0.717) is 59.6 Å². The molecule has 0 unspecified atom stereocenters. The first-order chi connectivity index (χ1) is 18.3. The molecule has 3 heterocycles. The average Bonchev–Trinajstić information content (AvgIpc) is 3.18. The number of carbonyl (C=O) groups excluding carboxylic acids is 1. The summed E-state index contributed by atoms with van der Waals surface area (Å²) in [5.41, 5.74) is 2.03. The average molecular weight is 554 g/mol. The lowest BCUT2D eigenvalue weighted by Crippen LogP contribution is -2.48. The number of unbranched alkanes of at least 4 members (excludes halogenated alkanes) is 1. The van der Waals surface area contributed by atoms with Crippen molar-refractivity contribution in [3.8, 4) is 6.07 Å². The minimum Gasteiger partial charge on any atom is -0.368 e. The minimum absolute atomic E-state index is 0.102. The highest BCUT2D eigenvalue weighted by atomic mass is 32.2. The van der Waals surface area contributed by atoms with E-state index in [1.807, 2.05) is 13.0 Å². The summed E-state index contributed by atoms with van der Waals surface area (Å²) in [7, 11) is 0. The Kier molecular flexibility index (Phi) is 8.90. The van der Waals surface area contributed by atoms with Crippen molar-refractivity contribution in [1.82, 2.24) is 9.47 Å². The zero-order valence-electron chi connectivity index (χ0n) is 22.0. The van der Waals surface area contributed by atoms with Crippen LogP contribution in [0.2, 0.25) is 0 Å². The first kappa shape index (κ1) is 27.9. The number of thioether (sulfide) groups is 1. The maximum atomic E-state index is 13.5. The summed E-state index contributed by atoms with van der Waals surface area (Å²) in [6.45, 7) is 9.51. The summed E-state index contributed by atoms with van der Waals surface area (Å²) in [5.74, 6) is 0.326. The fraction of sp³-hybridized carbons (Fsp3) is 0.429. The number of carbonyl (C=O) groups is 1. The fourth-order valence-corrected chi connectivity index (χ4v) is 6.17. The van der Waals surface area contributed by atoms with Crippen LogP contribution in [0.1, 0.15) is 49.8 Å². The van der Waals surface area contributed by atoms with Crippen molar-refractivity contribution in [2.75, 3.05) is 42.5 Å². The lowest BCUT2D eigenvalue weighted by atomic mass is 10.0. The highest BCUT2D eigenvalue weighted by Gasteiger charge is 2.33. The van der Waals surface area contributed by atoms with Crippen molar-refractivity contribution in [2.24, 2.45) is 0 Å². The highest BCUT2D eigenvalue weighted by molar-refractivity contribution is 8.26. The monoisotopic (exact) mass is 553 g/mol. The predicted molar refractivity (Wildman–Crippen MR) is 156 cm³/mol. The van der Waals surface area contributed by atoms with Crippen molar-refractivity contribution in [3.05, 3.63) is 62.0 Å². The molecule has 2 aliphatic rings. The molecule has 2 aliphatic heterocycles. The van der Waals surface area contributed by atoms with Gasteiger partial charge in [0.2, 0.25) is 0 Å². The zero-order chi connectivity index (χ0) is 27.4. The van der Waals surface area contributed by atoms with Crippen LogP contribution in [0.3, 0.4) is 0 Å². The number of piperazine rings is 1. The van der Waals surface area contributed by atoms with Gasteiger partial charge in [0.05, 0.1) is 4.91 Å². The standard InChI is InChI=1S/C28H32FN5O2S2/c1-4-6-12-33-25(32-15-13-31(14-16-32)21-9-7-20(29)8-10-21)22(19(3)23(18-30)26(33)35)17-24-27(36)34(11-5-2)28(37)38-24/h7-10,17H,4-6,11-16H2,1-3H3/b24-17-. The third-order valence-corrected chi connectivity index (χ3v) is 8.33. The highest BCUT2D eigenvalue weighted by Crippen LogP contribution is 2.36. The maximum Gasteiger partial charge on any atom is 0.270 e. The number of hydrogen-bond donors (Lipinski definition) is 0.